The molecule has 0 aliphatic rings. The van der Waals surface area contributed by atoms with E-state index in [1.165, 1.54) is 6.07 Å². The summed E-state index contributed by atoms with van der Waals surface area (Å²) in [4.78, 5) is 27.5. The molecule has 0 aliphatic heterocycles. The Kier molecular flexibility index (Phi) is 4.90. The number of carbonyl (C=O) groups excluding carboxylic acids is 2. The molecule has 1 aromatic carbocycles. The summed E-state index contributed by atoms with van der Waals surface area (Å²) in [7, 11) is 0. The maximum atomic E-state index is 11.7. The standard InChI is InChI=1S/C15H13ClN2O3/c1-10-4-3-7-17-14(10)18-13(19)9-21-15(20)11-5-2-6-12(16)8-11/h2-8H,9H2,1H3,(H,17,18,19). The summed E-state index contributed by atoms with van der Waals surface area (Å²) in [6.07, 6.45) is 1.57. The van der Waals surface area contributed by atoms with Crippen LogP contribution in [0.1, 0.15) is 15.9 Å². The number of nitrogens with zero attached hydrogens (tertiary/aromatic N) is 1. The number of benzene rings is 1. The zero-order valence-electron chi connectivity index (χ0n) is 11.3. The van der Waals surface area contributed by atoms with Gasteiger partial charge in [0.2, 0.25) is 0 Å². The van der Waals surface area contributed by atoms with Crippen molar-refractivity contribution in [1.82, 2.24) is 4.98 Å². The molecule has 0 saturated heterocycles. The lowest BCUT2D eigenvalue weighted by atomic mass is 10.2. The van der Waals surface area contributed by atoms with Crippen molar-refractivity contribution in [2.75, 3.05) is 11.9 Å². The molecule has 0 saturated carbocycles. The first kappa shape index (κ1) is 15.0. The number of ether oxygens (including phenoxy) is 1. The minimum absolute atomic E-state index is 0.296. The van der Waals surface area contributed by atoms with E-state index >= 15 is 0 Å². The van der Waals surface area contributed by atoms with Crippen molar-refractivity contribution in [2.24, 2.45) is 0 Å². The maximum Gasteiger partial charge on any atom is 0.338 e. The number of hydrogen-bond acceptors (Lipinski definition) is 4. The summed E-state index contributed by atoms with van der Waals surface area (Å²) in [6.45, 7) is 1.43. The van der Waals surface area contributed by atoms with E-state index in [1.807, 2.05) is 13.0 Å². The number of aryl methyl sites for hydroxylation is 1. The number of aromatic nitrogens is 1. The fraction of sp³-hybridized carbons (Fsp3) is 0.133. The van der Waals surface area contributed by atoms with Crippen LogP contribution in [0.15, 0.2) is 42.6 Å². The van der Waals surface area contributed by atoms with Gasteiger partial charge in [-0.25, -0.2) is 9.78 Å². The van der Waals surface area contributed by atoms with Crippen LogP contribution in [-0.4, -0.2) is 23.5 Å². The molecule has 0 spiro atoms. The molecule has 6 heteroatoms. The molecule has 0 fully saturated rings. The molecule has 108 valence electrons. The molecular weight excluding hydrogens is 292 g/mol. The fourth-order valence-corrected chi connectivity index (χ4v) is 1.80. The average Bonchev–Trinajstić information content (AvgIpc) is 2.47. The summed E-state index contributed by atoms with van der Waals surface area (Å²) in [5.41, 5.74) is 1.12. The molecule has 0 radical (unpaired) electrons. The molecular formula is C15H13ClN2O3. The zero-order chi connectivity index (χ0) is 15.2. The fourth-order valence-electron chi connectivity index (χ4n) is 1.61. The quantitative estimate of drug-likeness (QED) is 0.882. The SMILES string of the molecule is Cc1cccnc1NC(=O)COC(=O)c1cccc(Cl)c1. The molecule has 2 aromatic rings. The van der Waals surface area contributed by atoms with E-state index in [2.05, 4.69) is 10.3 Å². The van der Waals surface area contributed by atoms with E-state index < -0.39 is 11.9 Å². The van der Waals surface area contributed by atoms with Crippen molar-refractivity contribution in [3.63, 3.8) is 0 Å². The van der Waals surface area contributed by atoms with Gasteiger partial charge in [0.1, 0.15) is 5.82 Å². The molecule has 21 heavy (non-hydrogen) atoms. The number of rotatable bonds is 4. The van der Waals surface area contributed by atoms with Crippen LogP contribution in [-0.2, 0) is 9.53 Å². The Labute approximate surface area is 126 Å². The highest BCUT2D eigenvalue weighted by atomic mass is 35.5. The molecule has 0 unspecified atom stereocenters. The lowest BCUT2D eigenvalue weighted by molar-refractivity contribution is -0.119. The average molecular weight is 305 g/mol. The molecule has 5 nitrogen and oxygen atoms in total. The van der Waals surface area contributed by atoms with Crippen LogP contribution in [0.25, 0.3) is 0 Å². The van der Waals surface area contributed by atoms with E-state index in [9.17, 15) is 9.59 Å². The van der Waals surface area contributed by atoms with Gasteiger partial charge < -0.3 is 10.1 Å². The second-order valence-electron chi connectivity index (χ2n) is 4.30. The molecule has 0 aliphatic carbocycles. The first-order chi connectivity index (χ1) is 10.1. The van der Waals surface area contributed by atoms with Gasteiger partial charge in [0.15, 0.2) is 6.61 Å². The first-order valence-electron chi connectivity index (χ1n) is 6.20. The molecule has 2 rings (SSSR count). The van der Waals surface area contributed by atoms with Crippen LogP contribution >= 0.6 is 11.6 Å². The number of amides is 1. The largest absolute Gasteiger partial charge is 0.452 e. The van der Waals surface area contributed by atoms with Gasteiger partial charge in [-0.3, -0.25) is 4.79 Å². The van der Waals surface area contributed by atoms with Crippen LogP contribution in [0, 0.1) is 6.92 Å². The third kappa shape index (κ3) is 4.29. The molecule has 1 amide bonds. The highest BCUT2D eigenvalue weighted by Gasteiger charge is 2.11. The van der Waals surface area contributed by atoms with Gasteiger partial charge >= 0.3 is 5.97 Å². The molecule has 1 N–H and O–H groups in total. The Morgan fingerprint density at radius 2 is 2.10 bits per heavy atom. The predicted octanol–water partition coefficient (Wildman–Crippen LogP) is 2.84. The van der Waals surface area contributed by atoms with Crippen molar-refractivity contribution in [3.05, 3.63) is 58.7 Å². The van der Waals surface area contributed by atoms with Gasteiger partial charge in [-0.05, 0) is 36.8 Å². The van der Waals surface area contributed by atoms with Crippen LogP contribution in [0.5, 0.6) is 0 Å². The highest BCUT2D eigenvalue weighted by molar-refractivity contribution is 6.30. The normalized spacial score (nSPS) is 10.0. The number of nitrogens with one attached hydrogen (secondary N) is 1. The topological polar surface area (TPSA) is 68.3 Å². The van der Waals surface area contributed by atoms with Gasteiger partial charge in [-0.15, -0.1) is 0 Å². The third-order valence-corrected chi connectivity index (χ3v) is 2.90. The van der Waals surface area contributed by atoms with Crippen molar-refractivity contribution in [2.45, 2.75) is 6.92 Å². The number of esters is 1. The monoisotopic (exact) mass is 304 g/mol. The van der Waals surface area contributed by atoms with Crippen molar-refractivity contribution < 1.29 is 14.3 Å². The number of pyridine rings is 1. The first-order valence-corrected chi connectivity index (χ1v) is 6.58. The summed E-state index contributed by atoms with van der Waals surface area (Å²) in [5.74, 6) is -0.612. The number of carbonyl (C=O) groups is 2. The lowest BCUT2D eigenvalue weighted by Crippen LogP contribution is -2.21. The predicted molar refractivity (Wildman–Crippen MR) is 79.3 cm³/mol. The summed E-state index contributed by atoms with van der Waals surface area (Å²) in [6, 6.07) is 9.91. The van der Waals surface area contributed by atoms with Gasteiger partial charge in [-0.2, -0.15) is 0 Å². The van der Waals surface area contributed by atoms with Crippen LogP contribution in [0.3, 0.4) is 0 Å². The molecule has 0 atom stereocenters. The Hall–Kier alpha value is -2.40. The van der Waals surface area contributed by atoms with Gasteiger partial charge in [0.05, 0.1) is 5.56 Å². The van der Waals surface area contributed by atoms with E-state index in [0.717, 1.165) is 5.56 Å². The maximum absolute atomic E-state index is 11.7. The van der Waals surface area contributed by atoms with E-state index in [1.54, 1.807) is 30.5 Å². The lowest BCUT2D eigenvalue weighted by Gasteiger charge is -2.07. The van der Waals surface area contributed by atoms with Gasteiger partial charge in [0, 0.05) is 11.2 Å². The molecule has 1 heterocycles. The second kappa shape index (κ2) is 6.85. The van der Waals surface area contributed by atoms with E-state index in [0.29, 0.717) is 16.4 Å². The number of halogens is 1. The number of anilines is 1. The summed E-state index contributed by atoms with van der Waals surface area (Å²) < 4.78 is 4.92. The van der Waals surface area contributed by atoms with Crippen LogP contribution < -0.4 is 5.32 Å². The second-order valence-corrected chi connectivity index (χ2v) is 4.74. The van der Waals surface area contributed by atoms with Gasteiger partial charge in [0.25, 0.3) is 5.91 Å². The molecule has 1 aromatic heterocycles. The Morgan fingerprint density at radius 3 is 2.81 bits per heavy atom. The van der Waals surface area contributed by atoms with Crippen molar-refractivity contribution >= 4 is 29.3 Å². The Morgan fingerprint density at radius 1 is 1.29 bits per heavy atom. The third-order valence-electron chi connectivity index (χ3n) is 2.66. The minimum atomic E-state index is -0.606. The summed E-state index contributed by atoms with van der Waals surface area (Å²) >= 11 is 5.78. The Bertz CT molecular complexity index is 673. The van der Waals surface area contributed by atoms with Crippen molar-refractivity contribution in [1.29, 1.82) is 0 Å². The summed E-state index contributed by atoms with van der Waals surface area (Å²) in [5, 5.41) is 3.00. The van der Waals surface area contributed by atoms with E-state index in [-0.39, 0.29) is 6.61 Å². The van der Waals surface area contributed by atoms with Crippen molar-refractivity contribution in [3.8, 4) is 0 Å². The van der Waals surface area contributed by atoms with Crippen LogP contribution in [0.4, 0.5) is 5.82 Å². The number of hydrogen-bond donors (Lipinski definition) is 1. The minimum Gasteiger partial charge on any atom is -0.452 e. The van der Waals surface area contributed by atoms with E-state index in [4.69, 9.17) is 16.3 Å². The highest BCUT2D eigenvalue weighted by Crippen LogP contribution is 2.12. The zero-order valence-corrected chi connectivity index (χ0v) is 12.1. The molecule has 0 bridgehead atoms. The van der Waals surface area contributed by atoms with Gasteiger partial charge in [-0.1, -0.05) is 23.7 Å². The Balaban J connectivity index is 1.90. The van der Waals surface area contributed by atoms with Crippen LogP contribution in [0.2, 0.25) is 5.02 Å². The smallest absolute Gasteiger partial charge is 0.338 e.